The number of anilines is 1. The van der Waals surface area contributed by atoms with Gasteiger partial charge >= 0.3 is 0 Å². The summed E-state index contributed by atoms with van der Waals surface area (Å²) >= 11 is 3.40. The van der Waals surface area contributed by atoms with Gasteiger partial charge in [-0.3, -0.25) is 13.9 Å². The first-order valence-electron chi connectivity index (χ1n) is 14.2. The van der Waals surface area contributed by atoms with Crippen LogP contribution in [0.3, 0.4) is 0 Å². The molecule has 0 radical (unpaired) electrons. The largest absolute Gasteiger partial charge is 0.497 e. The molecule has 0 bridgehead atoms. The average Bonchev–Trinajstić information content (AvgIpc) is 3.02. The lowest BCUT2D eigenvalue weighted by molar-refractivity contribution is -0.140. The van der Waals surface area contributed by atoms with Crippen molar-refractivity contribution in [3.8, 4) is 5.75 Å². The minimum atomic E-state index is -4.15. The van der Waals surface area contributed by atoms with Crippen LogP contribution in [0.2, 0.25) is 0 Å². The van der Waals surface area contributed by atoms with Crippen LogP contribution in [-0.4, -0.2) is 50.9 Å². The number of methoxy groups -OCH3 is 1. The number of nitrogens with one attached hydrogen (secondary N) is 1. The van der Waals surface area contributed by atoms with Crippen LogP contribution in [-0.2, 0) is 32.6 Å². The topological polar surface area (TPSA) is 96.0 Å². The lowest BCUT2D eigenvalue weighted by Gasteiger charge is -2.34. The first kappa shape index (κ1) is 32.8. The van der Waals surface area contributed by atoms with Gasteiger partial charge in [0.05, 0.1) is 17.7 Å². The molecule has 0 fully saturated rings. The second-order valence-corrected chi connectivity index (χ2v) is 13.3. The molecule has 4 aromatic carbocycles. The normalized spacial score (nSPS) is 11.9. The second kappa shape index (κ2) is 15.0. The highest BCUT2D eigenvalue weighted by molar-refractivity contribution is 9.10. The average molecular weight is 679 g/mol. The highest BCUT2D eigenvalue weighted by atomic mass is 79.9. The zero-order valence-electron chi connectivity index (χ0n) is 24.9. The maximum atomic E-state index is 14.5. The van der Waals surface area contributed by atoms with Crippen LogP contribution in [0.25, 0.3) is 0 Å². The number of rotatable bonds is 13. The molecular weight excluding hydrogens is 642 g/mol. The van der Waals surface area contributed by atoms with E-state index >= 15 is 0 Å². The molecule has 1 atom stereocenters. The van der Waals surface area contributed by atoms with E-state index in [1.54, 1.807) is 61.7 Å². The zero-order chi connectivity index (χ0) is 31.7. The summed E-state index contributed by atoms with van der Waals surface area (Å²) < 4.78 is 35.3. The molecule has 0 saturated carbocycles. The standard InChI is InChI=1S/C34H36BrN3O5S/c1-25(2)36-34(40)32(22-26-11-6-4-7-12-26)37(23-27-13-10-14-30(21-27)43-3)33(39)24-38(29-19-17-28(35)18-20-29)44(41,42)31-15-8-5-9-16-31/h4-21,25,32H,22-24H2,1-3H3,(H,36,40). The van der Waals surface area contributed by atoms with Crippen molar-refractivity contribution < 1.29 is 22.7 Å². The highest BCUT2D eigenvalue weighted by Crippen LogP contribution is 2.27. The lowest BCUT2D eigenvalue weighted by Crippen LogP contribution is -2.54. The van der Waals surface area contributed by atoms with E-state index in [4.69, 9.17) is 4.74 Å². The summed E-state index contributed by atoms with van der Waals surface area (Å²) in [6.07, 6.45) is 0.235. The van der Waals surface area contributed by atoms with Crippen molar-refractivity contribution >= 4 is 43.5 Å². The third-order valence-corrected chi connectivity index (χ3v) is 9.23. The van der Waals surface area contributed by atoms with Gasteiger partial charge in [-0.15, -0.1) is 0 Å². The van der Waals surface area contributed by atoms with E-state index in [9.17, 15) is 18.0 Å². The fourth-order valence-corrected chi connectivity index (χ4v) is 6.46. The molecule has 1 unspecified atom stereocenters. The Hall–Kier alpha value is -4.15. The number of hydrogen-bond donors (Lipinski definition) is 1. The van der Waals surface area contributed by atoms with Gasteiger partial charge in [0.2, 0.25) is 11.8 Å². The molecule has 8 nitrogen and oxygen atoms in total. The van der Waals surface area contributed by atoms with Gasteiger partial charge in [0.1, 0.15) is 18.3 Å². The Morgan fingerprint density at radius 3 is 2.07 bits per heavy atom. The van der Waals surface area contributed by atoms with Crippen molar-refractivity contribution in [2.75, 3.05) is 18.0 Å². The third-order valence-electron chi connectivity index (χ3n) is 6.91. The molecule has 0 heterocycles. The van der Waals surface area contributed by atoms with Crippen LogP contribution in [0.4, 0.5) is 5.69 Å². The third kappa shape index (κ3) is 8.48. The molecule has 0 aromatic heterocycles. The SMILES string of the molecule is COc1cccc(CN(C(=O)CN(c2ccc(Br)cc2)S(=O)(=O)c2ccccc2)C(Cc2ccccc2)C(=O)NC(C)C)c1. The van der Waals surface area contributed by atoms with Gasteiger partial charge in [0.25, 0.3) is 10.0 Å². The van der Waals surface area contributed by atoms with Crippen molar-refractivity contribution in [2.24, 2.45) is 0 Å². The van der Waals surface area contributed by atoms with E-state index in [0.29, 0.717) is 11.4 Å². The number of hydrogen-bond acceptors (Lipinski definition) is 5. The Labute approximate surface area is 267 Å². The Kier molecular flexibility index (Phi) is 11.2. The van der Waals surface area contributed by atoms with Crippen molar-refractivity contribution in [2.45, 2.75) is 43.8 Å². The van der Waals surface area contributed by atoms with Gasteiger partial charge < -0.3 is 15.0 Å². The molecule has 4 rings (SSSR count). The van der Waals surface area contributed by atoms with Crippen molar-refractivity contribution in [3.63, 3.8) is 0 Å². The van der Waals surface area contributed by atoms with Gasteiger partial charge in [-0.25, -0.2) is 8.42 Å². The Balaban J connectivity index is 1.80. The molecule has 0 aliphatic rings. The second-order valence-electron chi connectivity index (χ2n) is 10.5. The van der Waals surface area contributed by atoms with Crippen LogP contribution < -0.4 is 14.4 Å². The lowest BCUT2D eigenvalue weighted by atomic mass is 10.0. The van der Waals surface area contributed by atoms with E-state index in [0.717, 1.165) is 19.9 Å². The fraction of sp³-hybridized carbons (Fsp3) is 0.235. The molecule has 44 heavy (non-hydrogen) atoms. The van der Waals surface area contributed by atoms with E-state index in [-0.39, 0.29) is 29.8 Å². The Morgan fingerprint density at radius 2 is 1.45 bits per heavy atom. The maximum Gasteiger partial charge on any atom is 0.264 e. The molecule has 0 saturated heterocycles. The van der Waals surface area contributed by atoms with Crippen LogP contribution >= 0.6 is 15.9 Å². The van der Waals surface area contributed by atoms with Gasteiger partial charge in [0, 0.05) is 23.5 Å². The number of benzene rings is 4. The smallest absolute Gasteiger partial charge is 0.264 e. The molecule has 0 aliphatic carbocycles. The fourth-order valence-electron chi connectivity index (χ4n) is 4.76. The van der Waals surface area contributed by atoms with Gasteiger partial charge in [0.15, 0.2) is 0 Å². The summed E-state index contributed by atoms with van der Waals surface area (Å²) in [5, 5.41) is 2.96. The zero-order valence-corrected chi connectivity index (χ0v) is 27.3. The molecule has 0 aliphatic heterocycles. The van der Waals surface area contributed by atoms with Crippen LogP contribution in [0, 0.1) is 0 Å². The molecular formula is C34H36BrN3O5S. The van der Waals surface area contributed by atoms with E-state index in [1.165, 1.54) is 17.0 Å². The Morgan fingerprint density at radius 1 is 0.841 bits per heavy atom. The first-order chi connectivity index (χ1) is 21.1. The molecule has 1 N–H and O–H groups in total. The van der Waals surface area contributed by atoms with Crippen molar-refractivity contribution in [3.05, 3.63) is 125 Å². The maximum absolute atomic E-state index is 14.5. The predicted octanol–water partition coefficient (Wildman–Crippen LogP) is 5.82. The molecule has 4 aromatic rings. The number of sulfonamides is 1. The van der Waals surface area contributed by atoms with Crippen LogP contribution in [0.5, 0.6) is 5.75 Å². The first-order valence-corrected chi connectivity index (χ1v) is 16.4. The van der Waals surface area contributed by atoms with Gasteiger partial charge in [-0.2, -0.15) is 0 Å². The van der Waals surface area contributed by atoms with Crippen LogP contribution in [0.1, 0.15) is 25.0 Å². The van der Waals surface area contributed by atoms with Crippen molar-refractivity contribution in [1.82, 2.24) is 10.2 Å². The molecule has 230 valence electrons. The van der Waals surface area contributed by atoms with Gasteiger partial charge in [-0.05, 0) is 73.5 Å². The summed E-state index contributed by atoms with van der Waals surface area (Å²) in [4.78, 5) is 29.7. The monoisotopic (exact) mass is 677 g/mol. The summed E-state index contributed by atoms with van der Waals surface area (Å²) in [6, 6.07) is 30.3. The van der Waals surface area contributed by atoms with Crippen molar-refractivity contribution in [1.29, 1.82) is 0 Å². The summed E-state index contributed by atoms with van der Waals surface area (Å²) in [7, 11) is -2.60. The summed E-state index contributed by atoms with van der Waals surface area (Å²) in [5.74, 6) is -0.263. The summed E-state index contributed by atoms with van der Waals surface area (Å²) in [5.41, 5.74) is 1.91. The van der Waals surface area contributed by atoms with E-state index in [1.807, 2.05) is 56.3 Å². The number of amides is 2. The molecule has 10 heteroatoms. The highest BCUT2D eigenvalue weighted by Gasteiger charge is 2.34. The Bertz CT molecular complexity index is 1650. The van der Waals surface area contributed by atoms with E-state index < -0.39 is 28.5 Å². The number of carbonyl (C=O) groups excluding carboxylic acids is 2. The van der Waals surface area contributed by atoms with Crippen LogP contribution in [0.15, 0.2) is 119 Å². The summed E-state index contributed by atoms with van der Waals surface area (Å²) in [6.45, 7) is 3.24. The predicted molar refractivity (Wildman–Crippen MR) is 176 cm³/mol. The molecule has 2 amide bonds. The quantitative estimate of drug-likeness (QED) is 0.193. The number of halogens is 1. The molecule has 0 spiro atoms. The van der Waals surface area contributed by atoms with Gasteiger partial charge in [-0.1, -0.05) is 76.6 Å². The minimum absolute atomic E-state index is 0.0495. The number of ether oxygens (including phenoxy) is 1. The number of carbonyl (C=O) groups is 2. The minimum Gasteiger partial charge on any atom is -0.497 e. The van der Waals surface area contributed by atoms with E-state index in [2.05, 4.69) is 21.2 Å². The number of nitrogens with zero attached hydrogens (tertiary/aromatic N) is 2.